The summed E-state index contributed by atoms with van der Waals surface area (Å²) in [6.45, 7) is 0. The van der Waals surface area contributed by atoms with Crippen LogP contribution in [-0.2, 0) is 9.13 Å². The normalized spacial score (nSPS) is 10.4. The van der Waals surface area contributed by atoms with Crippen molar-refractivity contribution in [2.75, 3.05) is 0 Å². The highest BCUT2D eigenvalue weighted by Crippen LogP contribution is 2.26. The van der Waals surface area contributed by atoms with E-state index in [0.29, 0.717) is 0 Å². The van der Waals surface area contributed by atoms with E-state index in [1.165, 1.54) is 18.5 Å². The van der Waals surface area contributed by atoms with Crippen molar-refractivity contribution in [2.24, 2.45) is 0 Å². The maximum atomic E-state index is 10.2. The molecule has 0 aliphatic carbocycles. The van der Waals surface area contributed by atoms with Gasteiger partial charge in [0.1, 0.15) is 0 Å². The number of aromatic carboxylic acids is 1. The van der Waals surface area contributed by atoms with Gasteiger partial charge in [0, 0.05) is 12.4 Å². The fourth-order valence-electron chi connectivity index (χ4n) is 0.489. The van der Waals surface area contributed by atoms with Crippen molar-refractivity contribution in [3.05, 3.63) is 30.1 Å². The van der Waals surface area contributed by atoms with Crippen LogP contribution in [0.4, 0.5) is 0 Å². The number of hydrogen-bond acceptors (Lipinski definition) is 4. The third-order valence-corrected chi connectivity index (χ3v) is 0.908. The smallest absolute Gasteiger partial charge is 0.466 e. The average Bonchev–Trinajstić information content (AvgIpc) is 2.13. The lowest BCUT2D eigenvalue weighted by atomic mass is 10.3. The molecule has 0 radical (unpaired) electrons. The van der Waals surface area contributed by atoms with Crippen LogP contribution in [0, 0.1) is 0 Å². The van der Waals surface area contributed by atoms with Crippen LogP contribution < -0.4 is 0 Å². The number of carbonyl (C=O) groups is 1. The predicted octanol–water partition coefficient (Wildman–Crippen LogP) is -1.08. The summed E-state index contributed by atoms with van der Waals surface area (Å²) >= 11 is 0. The van der Waals surface area contributed by atoms with Crippen LogP contribution in [0.2, 0.25) is 0 Å². The highest BCUT2D eigenvalue weighted by atomic mass is 31.2. The third kappa shape index (κ3) is 31.6. The summed E-state index contributed by atoms with van der Waals surface area (Å²) in [5, 5.41) is 8.34. The molecule has 0 saturated heterocycles. The van der Waals surface area contributed by atoms with Crippen LogP contribution >= 0.6 is 15.6 Å². The van der Waals surface area contributed by atoms with Crippen LogP contribution in [0.25, 0.3) is 0 Å². The highest BCUT2D eigenvalue weighted by molar-refractivity contribution is 7.45. The average molecular weight is 319 g/mol. The van der Waals surface area contributed by atoms with Gasteiger partial charge in [-0.25, -0.2) is 13.9 Å². The zero-order valence-corrected chi connectivity index (χ0v) is 10.8. The number of pyridine rings is 1. The van der Waals surface area contributed by atoms with Crippen molar-refractivity contribution in [2.45, 2.75) is 0 Å². The van der Waals surface area contributed by atoms with Crippen molar-refractivity contribution >= 4 is 21.6 Å². The monoisotopic (exact) mass is 319 g/mol. The van der Waals surface area contributed by atoms with Gasteiger partial charge in [0.2, 0.25) is 0 Å². The molecule has 0 amide bonds. The zero-order chi connectivity index (χ0) is 15.7. The summed E-state index contributed by atoms with van der Waals surface area (Å²) in [5.41, 5.74) is 0.220. The molecule has 1 aromatic heterocycles. The molecule has 1 aromatic rings. The van der Waals surface area contributed by atoms with Gasteiger partial charge in [-0.1, -0.05) is 0 Å². The lowest BCUT2D eigenvalue weighted by molar-refractivity contribution is 0.0696. The summed E-state index contributed by atoms with van der Waals surface area (Å²) in [6, 6.07) is 3.08. The van der Waals surface area contributed by atoms with Crippen LogP contribution in [0.5, 0.6) is 0 Å². The molecule has 0 aliphatic rings. The van der Waals surface area contributed by atoms with Crippen molar-refractivity contribution in [1.82, 2.24) is 4.98 Å². The Hall–Kier alpha value is -1.16. The molecule has 0 saturated carbocycles. The molecule has 0 spiro atoms. The van der Waals surface area contributed by atoms with Crippen molar-refractivity contribution < 1.29 is 48.4 Å². The second kappa shape index (κ2) is 8.86. The number of nitrogens with zero attached hydrogens (tertiary/aromatic N) is 1. The van der Waals surface area contributed by atoms with Gasteiger partial charge < -0.3 is 34.5 Å². The number of aromatic nitrogens is 1. The maximum absolute atomic E-state index is 10.2. The Morgan fingerprint density at radius 1 is 1.00 bits per heavy atom. The molecule has 0 atom stereocenters. The Bertz CT molecular complexity index is 428. The molecule has 7 N–H and O–H groups in total. The Labute approximate surface area is 106 Å². The molecule has 1 rings (SSSR count). The van der Waals surface area contributed by atoms with Gasteiger partial charge in [-0.2, -0.15) is 0 Å². The first-order chi connectivity index (χ1) is 8.30. The first-order valence-corrected chi connectivity index (χ1v) is 7.13. The van der Waals surface area contributed by atoms with Gasteiger partial charge in [0.25, 0.3) is 0 Å². The summed E-state index contributed by atoms with van der Waals surface area (Å²) in [5.74, 6) is -0.942. The predicted molar refractivity (Wildman–Crippen MR) is 59.7 cm³/mol. The van der Waals surface area contributed by atoms with Crippen molar-refractivity contribution in [3.63, 3.8) is 0 Å². The molecule has 0 fully saturated rings. The summed E-state index contributed by atoms with van der Waals surface area (Å²) in [7, 11) is -9.28. The number of hydrogen-bond donors (Lipinski definition) is 7. The molecular weight excluding hydrogens is 308 g/mol. The van der Waals surface area contributed by atoms with Crippen LogP contribution in [0.15, 0.2) is 24.5 Å². The number of carboxylic acids is 1. The van der Waals surface area contributed by atoms with E-state index >= 15 is 0 Å². The van der Waals surface area contributed by atoms with Crippen molar-refractivity contribution in [3.8, 4) is 0 Å². The first kappa shape index (κ1) is 20.2. The van der Waals surface area contributed by atoms with Crippen LogP contribution in [0.3, 0.4) is 0 Å². The van der Waals surface area contributed by atoms with Gasteiger partial charge >= 0.3 is 21.6 Å². The van der Waals surface area contributed by atoms with E-state index in [2.05, 4.69) is 4.98 Å². The van der Waals surface area contributed by atoms with E-state index in [-0.39, 0.29) is 5.56 Å². The molecule has 0 bridgehead atoms. The van der Waals surface area contributed by atoms with E-state index < -0.39 is 21.6 Å². The van der Waals surface area contributed by atoms with Crippen LogP contribution in [-0.4, -0.2) is 45.4 Å². The number of rotatable bonds is 1. The summed E-state index contributed by atoms with van der Waals surface area (Å²) < 4.78 is 17.8. The SMILES string of the molecule is O=C(O)c1cccnc1.O=P(O)(O)O.O=P(O)(O)O. The maximum Gasteiger partial charge on any atom is 0.466 e. The number of phosphoric acid groups is 2. The molecule has 0 aromatic carbocycles. The molecular formula is C6H11NO10P2. The molecule has 13 heteroatoms. The van der Waals surface area contributed by atoms with E-state index in [9.17, 15) is 4.79 Å². The minimum atomic E-state index is -4.64. The fourth-order valence-corrected chi connectivity index (χ4v) is 0.489. The van der Waals surface area contributed by atoms with Crippen molar-refractivity contribution in [1.29, 1.82) is 0 Å². The zero-order valence-electron chi connectivity index (χ0n) is 9.01. The topological polar surface area (TPSA) is 206 Å². The van der Waals surface area contributed by atoms with Gasteiger partial charge in [-0.15, -0.1) is 0 Å². The largest absolute Gasteiger partial charge is 0.478 e. The Morgan fingerprint density at radius 2 is 1.37 bits per heavy atom. The van der Waals surface area contributed by atoms with Gasteiger partial charge in [-0.05, 0) is 12.1 Å². The highest BCUT2D eigenvalue weighted by Gasteiger charge is 2.00. The minimum Gasteiger partial charge on any atom is -0.478 e. The molecule has 110 valence electrons. The molecule has 11 nitrogen and oxygen atoms in total. The first-order valence-electron chi connectivity index (χ1n) is 4.00. The van der Waals surface area contributed by atoms with Gasteiger partial charge in [-0.3, -0.25) is 4.98 Å². The fraction of sp³-hybridized carbons (Fsp3) is 0. The van der Waals surface area contributed by atoms with Crippen LogP contribution in [0.1, 0.15) is 10.4 Å². The Balaban J connectivity index is 0. The lowest BCUT2D eigenvalue weighted by Crippen LogP contribution is -1.94. The Kier molecular flexibility index (Phi) is 9.40. The standard InChI is InChI=1S/C6H5NO2.2H3O4P/c8-6(9)5-2-1-3-7-4-5;2*1-5(2,3)4/h1-4H,(H,8,9);2*(H3,1,2,3,4). The molecule has 1 heterocycles. The Morgan fingerprint density at radius 3 is 1.53 bits per heavy atom. The molecule has 0 aliphatic heterocycles. The molecule has 0 unspecified atom stereocenters. The second-order valence-electron chi connectivity index (χ2n) is 2.57. The summed E-state index contributed by atoms with van der Waals surface area (Å²) in [6.07, 6.45) is 2.84. The quantitative estimate of drug-likeness (QED) is 0.310. The van der Waals surface area contributed by atoms with E-state index in [1.807, 2.05) is 0 Å². The van der Waals surface area contributed by atoms with Gasteiger partial charge in [0.05, 0.1) is 5.56 Å². The third-order valence-electron chi connectivity index (χ3n) is 0.908. The number of carboxylic acid groups (broad SMARTS) is 1. The van der Waals surface area contributed by atoms with Gasteiger partial charge in [0.15, 0.2) is 0 Å². The second-order valence-corrected chi connectivity index (χ2v) is 4.63. The van der Waals surface area contributed by atoms with E-state index in [1.54, 1.807) is 6.07 Å². The molecule has 19 heavy (non-hydrogen) atoms. The minimum absolute atomic E-state index is 0.220. The van der Waals surface area contributed by atoms with E-state index in [4.69, 9.17) is 43.6 Å². The van der Waals surface area contributed by atoms with E-state index in [0.717, 1.165) is 0 Å². The summed E-state index contributed by atoms with van der Waals surface area (Å²) in [4.78, 5) is 56.9. The lowest BCUT2D eigenvalue weighted by Gasteiger charge is -1.87.